The van der Waals surface area contributed by atoms with E-state index in [9.17, 15) is 4.79 Å². The standard InChI is InChI=1S/C13H14ClN3O2/c14-12-11(9-16-17-13(12)18)15-7-4-8-19-10-5-2-1-3-6-10/h1-3,5-6,9H,4,7-8H2,(H2,15,17,18). The maximum absolute atomic E-state index is 11.2. The summed E-state index contributed by atoms with van der Waals surface area (Å²) in [4.78, 5) is 11.2. The highest BCUT2D eigenvalue weighted by molar-refractivity contribution is 6.32. The first-order chi connectivity index (χ1) is 9.27. The molecule has 2 aromatic rings. The maximum atomic E-state index is 11.2. The van der Waals surface area contributed by atoms with Gasteiger partial charge in [0, 0.05) is 6.54 Å². The first-order valence-electron chi connectivity index (χ1n) is 5.92. The number of hydrogen-bond donors (Lipinski definition) is 2. The predicted octanol–water partition coefficient (Wildman–Crippen LogP) is 2.30. The van der Waals surface area contributed by atoms with E-state index in [1.165, 1.54) is 6.20 Å². The minimum absolute atomic E-state index is 0.124. The first kappa shape index (κ1) is 13.4. The number of aromatic nitrogens is 2. The number of halogens is 1. The van der Waals surface area contributed by atoms with E-state index in [1.54, 1.807) is 0 Å². The molecule has 6 heteroatoms. The van der Waals surface area contributed by atoms with Crippen LogP contribution in [0.2, 0.25) is 5.02 Å². The lowest BCUT2D eigenvalue weighted by molar-refractivity contribution is 0.315. The van der Waals surface area contributed by atoms with Crippen molar-refractivity contribution >= 4 is 17.3 Å². The van der Waals surface area contributed by atoms with Crippen LogP contribution in [0.15, 0.2) is 41.3 Å². The molecule has 0 saturated heterocycles. The summed E-state index contributed by atoms with van der Waals surface area (Å²) in [6.45, 7) is 1.24. The summed E-state index contributed by atoms with van der Waals surface area (Å²) in [6, 6.07) is 9.61. The molecule has 0 fully saturated rings. The summed E-state index contributed by atoms with van der Waals surface area (Å²) < 4.78 is 5.54. The van der Waals surface area contributed by atoms with Crippen LogP contribution in [0.5, 0.6) is 5.75 Å². The molecule has 0 amide bonds. The Morgan fingerprint density at radius 2 is 2.11 bits per heavy atom. The fourth-order valence-electron chi connectivity index (χ4n) is 1.51. The normalized spacial score (nSPS) is 10.2. The zero-order valence-electron chi connectivity index (χ0n) is 10.2. The SMILES string of the molecule is O=c1[nH]ncc(NCCCOc2ccccc2)c1Cl. The second-order valence-electron chi connectivity index (χ2n) is 3.87. The first-order valence-corrected chi connectivity index (χ1v) is 6.30. The fraction of sp³-hybridized carbons (Fsp3) is 0.231. The highest BCUT2D eigenvalue weighted by Crippen LogP contribution is 2.14. The minimum atomic E-state index is -0.396. The number of ether oxygens (including phenoxy) is 1. The van der Waals surface area contributed by atoms with Crippen molar-refractivity contribution in [2.24, 2.45) is 0 Å². The minimum Gasteiger partial charge on any atom is -0.494 e. The molecule has 0 aliphatic rings. The summed E-state index contributed by atoms with van der Waals surface area (Å²) >= 11 is 5.82. The van der Waals surface area contributed by atoms with Gasteiger partial charge in [0.05, 0.1) is 18.5 Å². The van der Waals surface area contributed by atoms with Gasteiger partial charge in [-0.1, -0.05) is 29.8 Å². The highest BCUT2D eigenvalue weighted by atomic mass is 35.5. The summed E-state index contributed by atoms with van der Waals surface area (Å²) in [5.74, 6) is 0.846. The molecule has 0 aliphatic heterocycles. The Hall–Kier alpha value is -2.01. The number of anilines is 1. The molecule has 2 N–H and O–H groups in total. The van der Waals surface area contributed by atoms with Gasteiger partial charge in [0.1, 0.15) is 10.8 Å². The summed E-state index contributed by atoms with van der Waals surface area (Å²) in [5, 5.41) is 9.11. The van der Waals surface area contributed by atoms with E-state index in [0.29, 0.717) is 18.8 Å². The molecule has 0 bridgehead atoms. The average molecular weight is 280 g/mol. The molecule has 19 heavy (non-hydrogen) atoms. The van der Waals surface area contributed by atoms with E-state index >= 15 is 0 Å². The molecule has 1 aromatic heterocycles. The Labute approximate surface area is 115 Å². The Morgan fingerprint density at radius 3 is 2.89 bits per heavy atom. The number of hydrogen-bond acceptors (Lipinski definition) is 4. The smallest absolute Gasteiger partial charge is 0.285 e. The van der Waals surface area contributed by atoms with Crippen molar-refractivity contribution in [1.29, 1.82) is 0 Å². The topological polar surface area (TPSA) is 67.0 Å². The number of benzene rings is 1. The number of nitrogens with one attached hydrogen (secondary N) is 2. The van der Waals surface area contributed by atoms with Crippen LogP contribution in [0.25, 0.3) is 0 Å². The molecule has 1 aromatic carbocycles. The van der Waals surface area contributed by atoms with Gasteiger partial charge in [-0.15, -0.1) is 0 Å². The van der Waals surface area contributed by atoms with Crippen molar-refractivity contribution in [3.63, 3.8) is 0 Å². The van der Waals surface area contributed by atoms with Gasteiger partial charge in [-0.05, 0) is 18.6 Å². The van der Waals surface area contributed by atoms with Crippen LogP contribution < -0.4 is 15.6 Å². The molecule has 2 rings (SSSR count). The third kappa shape index (κ3) is 3.99. The van der Waals surface area contributed by atoms with E-state index in [1.807, 2.05) is 30.3 Å². The van der Waals surface area contributed by atoms with Crippen molar-refractivity contribution in [2.45, 2.75) is 6.42 Å². The maximum Gasteiger partial charge on any atom is 0.285 e. The van der Waals surface area contributed by atoms with Crippen molar-refractivity contribution in [2.75, 3.05) is 18.5 Å². The van der Waals surface area contributed by atoms with Crippen molar-refractivity contribution < 1.29 is 4.74 Å². The van der Waals surface area contributed by atoms with E-state index in [0.717, 1.165) is 12.2 Å². The van der Waals surface area contributed by atoms with Gasteiger partial charge in [0.25, 0.3) is 5.56 Å². The van der Waals surface area contributed by atoms with Crippen LogP contribution in [0.3, 0.4) is 0 Å². The Balaban J connectivity index is 1.72. The van der Waals surface area contributed by atoms with Crippen LogP contribution in [0, 0.1) is 0 Å². The van der Waals surface area contributed by atoms with Crippen LogP contribution in [0.4, 0.5) is 5.69 Å². The van der Waals surface area contributed by atoms with Crippen LogP contribution >= 0.6 is 11.6 Å². The number of aromatic amines is 1. The number of H-pyrrole nitrogens is 1. The van der Waals surface area contributed by atoms with Gasteiger partial charge in [0.2, 0.25) is 0 Å². The molecule has 1 heterocycles. The zero-order valence-corrected chi connectivity index (χ0v) is 11.0. The second-order valence-corrected chi connectivity index (χ2v) is 4.25. The van der Waals surface area contributed by atoms with E-state index in [-0.39, 0.29) is 5.02 Å². The summed E-state index contributed by atoms with van der Waals surface area (Å²) in [7, 11) is 0. The van der Waals surface area contributed by atoms with Gasteiger partial charge in [-0.2, -0.15) is 5.10 Å². The van der Waals surface area contributed by atoms with Crippen LogP contribution in [-0.4, -0.2) is 23.3 Å². The number of rotatable bonds is 6. The van der Waals surface area contributed by atoms with E-state index < -0.39 is 5.56 Å². The molecule has 100 valence electrons. The van der Waals surface area contributed by atoms with Gasteiger partial charge >= 0.3 is 0 Å². The Bertz CT molecular complexity index is 572. The molecule has 0 saturated carbocycles. The van der Waals surface area contributed by atoms with E-state index in [2.05, 4.69) is 15.5 Å². The third-order valence-corrected chi connectivity index (χ3v) is 2.82. The van der Waals surface area contributed by atoms with Gasteiger partial charge in [-0.3, -0.25) is 4.79 Å². The van der Waals surface area contributed by atoms with Gasteiger partial charge < -0.3 is 10.1 Å². The molecule has 5 nitrogen and oxygen atoms in total. The van der Waals surface area contributed by atoms with Crippen LogP contribution in [-0.2, 0) is 0 Å². The summed E-state index contributed by atoms with van der Waals surface area (Å²) in [6.07, 6.45) is 2.28. The Morgan fingerprint density at radius 1 is 1.32 bits per heavy atom. The predicted molar refractivity (Wildman–Crippen MR) is 74.9 cm³/mol. The summed E-state index contributed by atoms with van der Waals surface area (Å²) in [5.41, 5.74) is 0.136. The second kappa shape index (κ2) is 6.80. The van der Waals surface area contributed by atoms with Crippen molar-refractivity contribution in [1.82, 2.24) is 10.2 Å². The molecule has 0 radical (unpaired) electrons. The fourth-order valence-corrected chi connectivity index (χ4v) is 1.67. The van der Waals surface area contributed by atoms with Crippen LogP contribution in [0.1, 0.15) is 6.42 Å². The third-order valence-electron chi connectivity index (χ3n) is 2.44. The molecular formula is C13H14ClN3O2. The number of nitrogens with zero attached hydrogens (tertiary/aromatic N) is 1. The molecule has 0 atom stereocenters. The molecule has 0 spiro atoms. The van der Waals surface area contributed by atoms with E-state index in [4.69, 9.17) is 16.3 Å². The van der Waals surface area contributed by atoms with Crippen molar-refractivity contribution in [3.05, 3.63) is 51.9 Å². The quantitative estimate of drug-likeness (QED) is 0.796. The zero-order chi connectivity index (χ0) is 13.5. The highest BCUT2D eigenvalue weighted by Gasteiger charge is 2.03. The monoisotopic (exact) mass is 279 g/mol. The number of para-hydroxylation sites is 1. The Kier molecular flexibility index (Phi) is 4.80. The molecule has 0 aliphatic carbocycles. The lowest BCUT2D eigenvalue weighted by atomic mass is 10.3. The molecular weight excluding hydrogens is 266 g/mol. The lowest BCUT2D eigenvalue weighted by Gasteiger charge is -2.08. The van der Waals surface area contributed by atoms with Gasteiger partial charge in [-0.25, -0.2) is 5.10 Å². The largest absolute Gasteiger partial charge is 0.494 e. The average Bonchev–Trinajstić information content (AvgIpc) is 2.44. The van der Waals surface area contributed by atoms with Gasteiger partial charge in [0.15, 0.2) is 0 Å². The molecule has 0 unspecified atom stereocenters. The van der Waals surface area contributed by atoms with Crippen molar-refractivity contribution in [3.8, 4) is 5.75 Å². The lowest BCUT2D eigenvalue weighted by Crippen LogP contribution is -2.13.